The molecule has 0 aliphatic carbocycles. The lowest BCUT2D eigenvalue weighted by molar-refractivity contribution is 0.303. The third kappa shape index (κ3) is 5.62. The summed E-state index contributed by atoms with van der Waals surface area (Å²) in [4.78, 5) is 4.34. The third-order valence-electron chi connectivity index (χ3n) is 4.18. The summed E-state index contributed by atoms with van der Waals surface area (Å²) in [7, 11) is 0. The molecule has 5 heteroatoms. The van der Waals surface area contributed by atoms with Gasteiger partial charge >= 0.3 is 0 Å². The number of hydrogen-bond acceptors (Lipinski definition) is 5. The first-order chi connectivity index (χ1) is 12.3. The minimum Gasteiger partial charge on any atom is -0.494 e. The molecule has 0 atom stereocenters. The number of aryl methyl sites for hydroxylation is 2. The first-order valence-electron chi connectivity index (χ1n) is 9.14. The van der Waals surface area contributed by atoms with Crippen molar-refractivity contribution in [3.8, 4) is 5.75 Å². The lowest BCUT2D eigenvalue weighted by Crippen LogP contribution is -2.02. The molecule has 0 saturated carbocycles. The first-order valence-corrected chi connectivity index (χ1v) is 9.14. The summed E-state index contributed by atoms with van der Waals surface area (Å²) in [6.07, 6.45) is 6.83. The van der Waals surface area contributed by atoms with E-state index in [1.165, 1.54) is 19.3 Å². The molecule has 3 rings (SSSR count). The van der Waals surface area contributed by atoms with Crippen molar-refractivity contribution in [3.63, 3.8) is 0 Å². The van der Waals surface area contributed by atoms with Gasteiger partial charge in [-0.25, -0.2) is 4.99 Å². The summed E-state index contributed by atoms with van der Waals surface area (Å²) in [6.45, 7) is 4.13. The number of unbranched alkanes of at least 4 members (excludes halogenated alkanes) is 4. The minimum atomic E-state index is 0.677. The zero-order chi connectivity index (χ0) is 17.3. The topological polar surface area (TPSA) is 56.9 Å². The molecule has 2 heterocycles. The van der Waals surface area contributed by atoms with Crippen LogP contribution in [0.1, 0.15) is 49.1 Å². The van der Waals surface area contributed by atoms with E-state index in [1.807, 2.05) is 37.3 Å². The van der Waals surface area contributed by atoms with Gasteiger partial charge < -0.3 is 14.0 Å². The molecule has 0 radical (unpaired) electrons. The lowest BCUT2D eigenvalue weighted by atomic mass is 10.1. The first kappa shape index (κ1) is 17.5. The molecular weight excluding hydrogens is 316 g/mol. The van der Waals surface area contributed by atoms with Crippen molar-refractivity contribution in [3.05, 3.63) is 47.3 Å². The van der Waals surface area contributed by atoms with Crippen LogP contribution < -0.4 is 4.74 Å². The van der Waals surface area contributed by atoms with E-state index in [9.17, 15) is 0 Å². The average Bonchev–Trinajstić information content (AvgIpc) is 3.29. The quantitative estimate of drug-likeness (QED) is 0.603. The Kier molecular flexibility index (Phi) is 6.48. The molecule has 2 aromatic rings. The summed E-state index contributed by atoms with van der Waals surface area (Å²) in [5.41, 5.74) is 1.96. The van der Waals surface area contributed by atoms with Crippen molar-refractivity contribution >= 4 is 5.90 Å². The Hall–Kier alpha value is -2.30. The van der Waals surface area contributed by atoms with Crippen LogP contribution in [0.5, 0.6) is 5.75 Å². The second-order valence-corrected chi connectivity index (χ2v) is 6.36. The van der Waals surface area contributed by atoms with Gasteiger partial charge in [0.25, 0.3) is 0 Å². The molecule has 0 unspecified atom stereocenters. The fourth-order valence-electron chi connectivity index (χ4n) is 2.88. The maximum absolute atomic E-state index is 5.85. The van der Waals surface area contributed by atoms with Crippen molar-refractivity contribution < 1.29 is 14.0 Å². The normalized spacial score (nSPS) is 13.6. The van der Waals surface area contributed by atoms with E-state index in [0.29, 0.717) is 6.61 Å². The number of aromatic nitrogens is 1. The average molecular weight is 342 g/mol. The van der Waals surface area contributed by atoms with Gasteiger partial charge in [-0.05, 0) is 38.0 Å². The highest BCUT2D eigenvalue weighted by molar-refractivity contribution is 5.95. The summed E-state index contributed by atoms with van der Waals surface area (Å²) in [6, 6.07) is 10.00. The molecule has 1 aliphatic heterocycles. The van der Waals surface area contributed by atoms with Crippen LogP contribution in [-0.2, 0) is 11.2 Å². The van der Waals surface area contributed by atoms with E-state index < -0.39 is 0 Å². The molecule has 0 amide bonds. The molecule has 1 aliphatic rings. The van der Waals surface area contributed by atoms with Gasteiger partial charge in [0.2, 0.25) is 5.90 Å². The van der Waals surface area contributed by atoms with Crippen LogP contribution in [0, 0.1) is 6.92 Å². The van der Waals surface area contributed by atoms with Crippen molar-refractivity contribution in [2.75, 3.05) is 19.8 Å². The molecule has 0 N–H and O–H groups in total. The van der Waals surface area contributed by atoms with Crippen LogP contribution in [0.2, 0.25) is 0 Å². The molecule has 5 nitrogen and oxygen atoms in total. The van der Waals surface area contributed by atoms with E-state index in [-0.39, 0.29) is 0 Å². The zero-order valence-corrected chi connectivity index (χ0v) is 14.9. The minimum absolute atomic E-state index is 0.677. The van der Waals surface area contributed by atoms with Crippen LogP contribution in [-0.4, -0.2) is 30.8 Å². The Morgan fingerprint density at radius 1 is 1.08 bits per heavy atom. The lowest BCUT2D eigenvalue weighted by Gasteiger charge is -2.08. The summed E-state index contributed by atoms with van der Waals surface area (Å²) >= 11 is 0. The Balaban J connectivity index is 1.26. The van der Waals surface area contributed by atoms with Crippen molar-refractivity contribution in [2.24, 2.45) is 4.99 Å². The maximum Gasteiger partial charge on any atom is 0.216 e. The van der Waals surface area contributed by atoms with Crippen molar-refractivity contribution in [1.82, 2.24) is 5.16 Å². The predicted octanol–water partition coefficient (Wildman–Crippen LogP) is 4.33. The van der Waals surface area contributed by atoms with Gasteiger partial charge in [0.1, 0.15) is 18.1 Å². The zero-order valence-electron chi connectivity index (χ0n) is 14.9. The van der Waals surface area contributed by atoms with E-state index in [4.69, 9.17) is 14.0 Å². The van der Waals surface area contributed by atoms with Crippen LogP contribution in [0.4, 0.5) is 0 Å². The largest absolute Gasteiger partial charge is 0.494 e. The summed E-state index contributed by atoms with van der Waals surface area (Å²) in [5.74, 6) is 2.61. The number of benzene rings is 1. The molecule has 25 heavy (non-hydrogen) atoms. The van der Waals surface area contributed by atoms with Crippen molar-refractivity contribution in [1.29, 1.82) is 0 Å². The fraction of sp³-hybridized carbons (Fsp3) is 0.500. The fourth-order valence-corrected chi connectivity index (χ4v) is 2.88. The number of aliphatic imine (C=N–C) groups is 1. The van der Waals surface area contributed by atoms with Gasteiger partial charge in [-0.1, -0.05) is 30.5 Å². The van der Waals surface area contributed by atoms with Crippen LogP contribution in [0.3, 0.4) is 0 Å². The second kappa shape index (κ2) is 9.25. The molecule has 0 saturated heterocycles. The van der Waals surface area contributed by atoms with Gasteiger partial charge in [0, 0.05) is 18.1 Å². The molecular formula is C20H26N2O3. The molecule has 0 bridgehead atoms. The highest BCUT2D eigenvalue weighted by Gasteiger charge is 2.10. The number of hydrogen-bond donors (Lipinski definition) is 0. The van der Waals surface area contributed by atoms with E-state index in [1.54, 1.807) is 0 Å². The van der Waals surface area contributed by atoms with E-state index in [2.05, 4.69) is 10.1 Å². The molecule has 1 aromatic heterocycles. The van der Waals surface area contributed by atoms with Gasteiger partial charge in [-0.15, -0.1) is 0 Å². The number of rotatable bonds is 10. The SMILES string of the molecule is Cc1cc(CCCCCCCOc2cccc(C3=NCCO3)c2)on1. The molecule has 134 valence electrons. The van der Waals surface area contributed by atoms with Crippen LogP contribution >= 0.6 is 0 Å². The van der Waals surface area contributed by atoms with Gasteiger partial charge in [-0.3, -0.25) is 0 Å². The van der Waals surface area contributed by atoms with Gasteiger partial charge in [0.05, 0.1) is 18.8 Å². The third-order valence-corrected chi connectivity index (χ3v) is 4.18. The van der Waals surface area contributed by atoms with Crippen molar-refractivity contribution in [2.45, 2.75) is 45.4 Å². The van der Waals surface area contributed by atoms with Crippen LogP contribution in [0.15, 0.2) is 39.8 Å². The number of ether oxygens (including phenoxy) is 2. The van der Waals surface area contributed by atoms with Crippen LogP contribution in [0.25, 0.3) is 0 Å². The Morgan fingerprint density at radius 2 is 1.96 bits per heavy atom. The predicted molar refractivity (Wildman–Crippen MR) is 97.3 cm³/mol. The van der Waals surface area contributed by atoms with Gasteiger partial charge in [-0.2, -0.15) is 0 Å². The smallest absolute Gasteiger partial charge is 0.216 e. The molecule has 1 aromatic carbocycles. The Morgan fingerprint density at radius 3 is 2.76 bits per heavy atom. The Labute approximate surface area is 149 Å². The summed E-state index contributed by atoms with van der Waals surface area (Å²) in [5, 5.41) is 3.91. The molecule has 0 spiro atoms. The number of nitrogens with zero attached hydrogens (tertiary/aromatic N) is 2. The van der Waals surface area contributed by atoms with Gasteiger partial charge in [0.15, 0.2) is 0 Å². The standard InChI is InChI=1S/C20H26N2O3/c1-16-14-19(25-22-16)9-5-3-2-4-6-12-23-18-10-7-8-17(15-18)20-21-11-13-24-20/h7-8,10,14-15H,2-6,9,11-13H2,1H3. The maximum atomic E-state index is 5.85. The molecule has 0 fully saturated rings. The Bertz CT molecular complexity index is 694. The van der Waals surface area contributed by atoms with E-state index >= 15 is 0 Å². The highest BCUT2D eigenvalue weighted by atomic mass is 16.5. The second-order valence-electron chi connectivity index (χ2n) is 6.36. The summed E-state index contributed by atoms with van der Waals surface area (Å²) < 4.78 is 16.6. The van der Waals surface area contributed by atoms with E-state index in [0.717, 1.165) is 61.1 Å². The monoisotopic (exact) mass is 342 g/mol. The highest BCUT2D eigenvalue weighted by Crippen LogP contribution is 2.17.